The Bertz CT molecular complexity index is 1260. The lowest BCUT2D eigenvalue weighted by Crippen LogP contribution is -2.17. The summed E-state index contributed by atoms with van der Waals surface area (Å²) in [5.41, 5.74) is 0.757. The molecule has 35 heavy (non-hydrogen) atoms. The molecule has 0 bridgehead atoms. The topological polar surface area (TPSA) is 89.9 Å². The van der Waals surface area contributed by atoms with E-state index in [9.17, 15) is 22.8 Å². The van der Waals surface area contributed by atoms with Gasteiger partial charge in [0.25, 0.3) is 5.91 Å². The number of hydrogen-bond acceptors (Lipinski definition) is 6. The van der Waals surface area contributed by atoms with Crippen LogP contribution in [0.2, 0.25) is 0 Å². The fourth-order valence-corrected chi connectivity index (χ4v) is 3.25. The van der Waals surface area contributed by atoms with Crippen LogP contribution in [0.15, 0.2) is 65.8 Å². The van der Waals surface area contributed by atoms with Gasteiger partial charge in [0.05, 0.1) is 18.4 Å². The summed E-state index contributed by atoms with van der Waals surface area (Å²) in [5, 5.41) is 2.65. The van der Waals surface area contributed by atoms with Crippen molar-refractivity contribution in [1.29, 1.82) is 0 Å². The molecule has 0 spiro atoms. The molecule has 0 aliphatic carbocycles. The molecule has 0 saturated heterocycles. The number of halogens is 3. The summed E-state index contributed by atoms with van der Waals surface area (Å²) in [6.07, 6.45) is -3.13. The molecule has 7 nitrogen and oxygen atoms in total. The number of hydrogen-bond donors (Lipinski definition) is 1. The number of pyridine rings is 1. The summed E-state index contributed by atoms with van der Waals surface area (Å²) >= 11 is 0. The van der Waals surface area contributed by atoms with Gasteiger partial charge in [0.15, 0.2) is 11.4 Å². The number of rotatable bonds is 7. The van der Waals surface area contributed by atoms with E-state index < -0.39 is 23.6 Å². The lowest BCUT2D eigenvalue weighted by Gasteiger charge is -2.13. The Morgan fingerprint density at radius 1 is 1.06 bits per heavy atom. The summed E-state index contributed by atoms with van der Waals surface area (Å²) < 4.78 is 49.7. The van der Waals surface area contributed by atoms with Gasteiger partial charge >= 0.3 is 12.1 Å². The number of aliphatic imine (C=N–C) groups is 1. The summed E-state index contributed by atoms with van der Waals surface area (Å²) in [5.74, 6) is -1.24. The minimum atomic E-state index is -4.47. The Morgan fingerprint density at radius 3 is 2.37 bits per heavy atom. The van der Waals surface area contributed by atoms with E-state index in [1.807, 2.05) is 0 Å². The molecule has 10 heteroatoms. The van der Waals surface area contributed by atoms with Crippen LogP contribution in [0.4, 0.5) is 18.9 Å². The van der Waals surface area contributed by atoms with Crippen LogP contribution in [-0.2, 0) is 11.0 Å². The molecule has 3 aromatic rings. The average Bonchev–Trinajstić information content (AvgIpc) is 2.82. The highest BCUT2D eigenvalue weighted by atomic mass is 19.4. The molecule has 1 aromatic heterocycles. The van der Waals surface area contributed by atoms with Crippen LogP contribution in [0, 0.1) is 0 Å². The number of ether oxygens (including phenoxy) is 2. The SMILES string of the molecule is CC/N=C(\c1ccc(NC(=O)c2nccc(OC)c2OC(C)=O)cc1)c1cccc(C(F)(F)F)c1. The summed E-state index contributed by atoms with van der Waals surface area (Å²) in [6, 6.07) is 12.8. The second-order valence-electron chi connectivity index (χ2n) is 7.22. The van der Waals surface area contributed by atoms with E-state index >= 15 is 0 Å². The molecule has 182 valence electrons. The third-order valence-electron chi connectivity index (χ3n) is 4.74. The highest BCUT2D eigenvalue weighted by Gasteiger charge is 2.30. The van der Waals surface area contributed by atoms with Gasteiger partial charge in [-0.2, -0.15) is 13.2 Å². The number of alkyl halides is 3. The second kappa shape index (κ2) is 10.8. The van der Waals surface area contributed by atoms with Crippen LogP contribution in [0.25, 0.3) is 0 Å². The first-order chi connectivity index (χ1) is 16.6. The smallest absolute Gasteiger partial charge is 0.416 e. The lowest BCUT2D eigenvalue weighted by atomic mass is 9.99. The number of amides is 1. The third kappa shape index (κ3) is 6.23. The number of esters is 1. The number of carbonyl (C=O) groups is 2. The Kier molecular flexibility index (Phi) is 7.85. The standard InChI is InChI=1S/C25H22F3N3O4/c1-4-29-21(17-6-5-7-18(14-17)25(26,27)28)16-8-10-19(11-9-16)31-24(33)22-23(35-15(2)32)20(34-3)12-13-30-22/h5-14H,4H2,1-3H3,(H,31,33)/b29-21+. The molecule has 0 saturated carbocycles. The molecular weight excluding hydrogens is 463 g/mol. The lowest BCUT2D eigenvalue weighted by molar-refractivity contribution is -0.137. The average molecular weight is 485 g/mol. The maximum Gasteiger partial charge on any atom is 0.416 e. The molecule has 0 aliphatic rings. The molecule has 0 aliphatic heterocycles. The van der Waals surface area contributed by atoms with Crippen molar-refractivity contribution in [2.24, 2.45) is 4.99 Å². The van der Waals surface area contributed by atoms with Crippen molar-refractivity contribution in [3.8, 4) is 11.5 Å². The highest BCUT2D eigenvalue weighted by molar-refractivity contribution is 6.13. The summed E-state index contributed by atoms with van der Waals surface area (Å²) in [7, 11) is 1.36. The zero-order chi connectivity index (χ0) is 25.6. The molecule has 2 aromatic carbocycles. The van der Waals surface area contributed by atoms with Gasteiger partial charge in [-0.25, -0.2) is 4.98 Å². The number of carbonyl (C=O) groups excluding carboxylic acids is 2. The second-order valence-corrected chi connectivity index (χ2v) is 7.22. The zero-order valence-electron chi connectivity index (χ0n) is 19.1. The molecule has 0 atom stereocenters. The maximum absolute atomic E-state index is 13.2. The number of nitrogens with one attached hydrogen (secondary N) is 1. The summed E-state index contributed by atoms with van der Waals surface area (Å²) in [6.45, 7) is 3.33. The van der Waals surface area contributed by atoms with Crippen LogP contribution in [0.3, 0.4) is 0 Å². The van der Waals surface area contributed by atoms with E-state index in [4.69, 9.17) is 9.47 Å². The van der Waals surface area contributed by atoms with Crippen LogP contribution in [-0.4, -0.2) is 36.2 Å². The van der Waals surface area contributed by atoms with Crippen molar-refractivity contribution >= 4 is 23.3 Å². The van der Waals surface area contributed by atoms with E-state index in [2.05, 4.69) is 15.3 Å². The molecular formula is C25H22F3N3O4. The van der Waals surface area contributed by atoms with Crippen molar-refractivity contribution in [3.63, 3.8) is 0 Å². The first-order valence-electron chi connectivity index (χ1n) is 10.5. The quantitative estimate of drug-likeness (QED) is 0.370. The predicted octanol–water partition coefficient (Wildman–Crippen LogP) is 5.14. The third-order valence-corrected chi connectivity index (χ3v) is 4.74. The van der Waals surface area contributed by atoms with Crippen molar-refractivity contribution in [3.05, 3.63) is 83.2 Å². The van der Waals surface area contributed by atoms with E-state index in [-0.39, 0.29) is 17.2 Å². The molecule has 1 heterocycles. The number of methoxy groups -OCH3 is 1. The van der Waals surface area contributed by atoms with Crippen molar-refractivity contribution in [2.45, 2.75) is 20.0 Å². The predicted molar refractivity (Wildman–Crippen MR) is 124 cm³/mol. The minimum Gasteiger partial charge on any atom is -0.493 e. The Morgan fingerprint density at radius 2 is 1.77 bits per heavy atom. The number of aromatic nitrogens is 1. The zero-order valence-corrected chi connectivity index (χ0v) is 19.1. The van der Waals surface area contributed by atoms with Gasteiger partial charge in [0.2, 0.25) is 5.75 Å². The number of nitrogens with zero attached hydrogens (tertiary/aromatic N) is 2. The van der Waals surface area contributed by atoms with E-state index in [1.54, 1.807) is 37.3 Å². The van der Waals surface area contributed by atoms with Gasteiger partial charge in [-0.15, -0.1) is 0 Å². The monoisotopic (exact) mass is 485 g/mol. The Hall–Kier alpha value is -4.21. The molecule has 1 amide bonds. The van der Waals surface area contributed by atoms with Gasteiger partial charge in [-0.3, -0.25) is 14.6 Å². The van der Waals surface area contributed by atoms with Gasteiger partial charge in [-0.05, 0) is 31.2 Å². The largest absolute Gasteiger partial charge is 0.493 e. The molecule has 0 unspecified atom stereocenters. The first-order valence-corrected chi connectivity index (χ1v) is 10.5. The van der Waals surface area contributed by atoms with Crippen LogP contribution < -0.4 is 14.8 Å². The number of anilines is 1. The van der Waals surface area contributed by atoms with Gasteiger partial charge in [0.1, 0.15) is 0 Å². The van der Waals surface area contributed by atoms with Crippen molar-refractivity contribution in [2.75, 3.05) is 19.0 Å². The van der Waals surface area contributed by atoms with E-state index in [0.717, 1.165) is 12.1 Å². The van der Waals surface area contributed by atoms with E-state index in [0.29, 0.717) is 29.1 Å². The molecule has 3 rings (SSSR count). The van der Waals surface area contributed by atoms with Crippen LogP contribution in [0.1, 0.15) is 41.0 Å². The fourth-order valence-electron chi connectivity index (χ4n) is 3.25. The van der Waals surface area contributed by atoms with Crippen molar-refractivity contribution < 1.29 is 32.2 Å². The normalized spacial score (nSPS) is 11.7. The van der Waals surface area contributed by atoms with Gasteiger partial charge in [-0.1, -0.05) is 24.3 Å². The first kappa shape index (κ1) is 25.4. The Balaban J connectivity index is 1.87. The molecule has 0 fully saturated rings. The van der Waals surface area contributed by atoms with Crippen LogP contribution in [0.5, 0.6) is 11.5 Å². The minimum absolute atomic E-state index is 0.112. The van der Waals surface area contributed by atoms with Crippen molar-refractivity contribution in [1.82, 2.24) is 4.98 Å². The molecule has 0 radical (unpaired) electrons. The van der Waals surface area contributed by atoms with Crippen LogP contribution >= 0.6 is 0 Å². The van der Waals surface area contributed by atoms with Gasteiger partial charge in [0, 0.05) is 42.5 Å². The summed E-state index contributed by atoms with van der Waals surface area (Å²) in [4.78, 5) is 32.6. The van der Waals surface area contributed by atoms with E-state index in [1.165, 1.54) is 32.4 Å². The molecule has 1 N–H and O–H groups in total. The fraction of sp³-hybridized carbons (Fsp3) is 0.200. The number of benzene rings is 2. The maximum atomic E-state index is 13.2. The Labute approximate surface area is 199 Å². The highest BCUT2D eigenvalue weighted by Crippen LogP contribution is 2.31. The van der Waals surface area contributed by atoms with Gasteiger partial charge < -0.3 is 14.8 Å².